The zero-order valence-electron chi connectivity index (χ0n) is 15.5. The topological polar surface area (TPSA) is 103 Å². The van der Waals surface area contributed by atoms with Gasteiger partial charge in [-0.25, -0.2) is 4.39 Å². The van der Waals surface area contributed by atoms with Crippen LogP contribution >= 0.6 is 0 Å². The third kappa shape index (κ3) is 2.99. The molecule has 0 saturated heterocycles. The molecule has 0 fully saturated rings. The summed E-state index contributed by atoms with van der Waals surface area (Å²) in [5, 5.41) is 31.5. The lowest BCUT2D eigenvalue weighted by Gasteiger charge is -2.29. The lowest BCUT2D eigenvalue weighted by Crippen LogP contribution is -2.40. The fourth-order valence-electron chi connectivity index (χ4n) is 4.13. The first-order chi connectivity index (χ1) is 13.4. The highest BCUT2D eigenvalue weighted by Crippen LogP contribution is 2.45. The molecule has 8 nitrogen and oxygen atoms in total. The number of fused-ring (bicyclic) bond motifs is 1. The smallest absolute Gasteiger partial charge is 0.325 e. The Morgan fingerprint density at radius 3 is 2.43 bits per heavy atom. The Morgan fingerprint density at radius 1 is 1.18 bits per heavy atom. The van der Waals surface area contributed by atoms with Gasteiger partial charge in [0, 0.05) is 6.07 Å². The van der Waals surface area contributed by atoms with E-state index in [4.69, 9.17) is 9.47 Å². The molecule has 1 aliphatic carbocycles. The molecule has 9 heteroatoms. The minimum Gasteiger partial charge on any atom is -0.465 e. The molecule has 152 valence electrons. The minimum atomic E-state index is -1.46. The van der Waals surface area contributed by atoms with Crippen LogP contribution in [0.5, 0.6) is 5.75 Å². The fourth-order valence-corrected chi connectivity index (χ4v) is 4.13. The van der Waals surface area contributed by atoms with Crippen molar-refractivity contribution in [3.8, 4) is 5.75 Å². The number of esters is 1. The van der Waals surface area contributed by atoms with Gasteiger partial charge >= 0.3 is 5.97 Å². The quantitative estimate of drug-likeness (QED) is 0.517. The number of aliphatic hydroxyl groups excluding tert-OH is 3. The third-order valence-corrected chi connectivity index (χ3v) is 5.42. The van der Waals surface area contributed by atoms with E-state index in [2.05, 4.69) is 0 Å². The van der Waals surface area contributed by atoms with Gasteiger partial charge in [0.1, 0.15) is 6.54 Å². The molecule has 0 spiro atoms. The van der Waals surface area contributed by atoms with Crippen molar-refractivity contribution < 1.29 is 34.0 Å². The Morgan fingerprint density at radius 2 is 1.82 bits per heavy atom. The lowest BCUT2D eigenvalue weighted by molar-refractivity contribution is -0.142. The molecule has 0 radical (unpaired) electrons. The lowest BCUT2D eigenvalue weighted by atomic mass is 9.93. The van der Waals surface area contributed by atoms with Gasteiger partial charge in [0.25, 0.3) is 6.41 Å². The van der Waals surface area contributed by atoms with Crippen LogP contribution in [-0.2, 0) is 9.53 Å². The molecule has 4 rings (SSSR count). The first kappa shape index (κ1) is 19.0. The number of carbonyl (C=O) groups is 1. The van der Waals surface area contributed by atoms with Crippen LogP contribution in [0.15, 0.2) is 23.3 Å². The van der Waals surface area contributed by atoms with Crippen LogP contribution in [-0.4, -0.2) is 53.3 Å². The van der Waals surface area contributed by atoms with Crippen molar-refractivity contribution in [2.24, 2.45) is 0 Å². The summed E-state index contributed by atoms with van der Waals surface area (Å²) >= 11 is 0. The third-order valence-electron chi connectivity index (χ3n) is 5.42. The predicted octanol–water partition coefficient (Wildman–Crippen LogP) is 1.19. The first-order valence-electron chi connectivity index (χ1n) is 9.39. The number of aliphatic hydroxyl groups is 3. The average Bonchev–Trinajstić information content (AvgIpc) is 3.09. The predicted molar refractivity (Wildman–Crippen MR) is 97.0 cm³/mol. The Kier molecular flexibility index (Phi) is 4.90. The van der Waals surface area contributed by atoms with Crippen molar-refractivity contribution in [1.29, 1.82) is 0 Å². The Balaban J connectivity index is 1.67. The maximum absolute atomic E-state index is 14.8. The molecule has 3 N–H and O–H groups in total. The minimum absolute atomic E-state index is 0.0280. The zero-order chi connectivity index (χ0) is 20.0. The van der Waals surface area contributed by atoms with E-state index in [1.807, 2.05) is 0 Å². The van der Waals surface area contributed by atoms with Crippen LogP contribution in [0, 0.1) is 5.82 Å². The van der Waals surface area contributed by atoms with Crippen molar-refractivity contribution in [3.63, 3.8) is 0 Å². The van der Waals surface area contributed by atoms with Crippen molar-refractivity contribution in [2.45, 2.75) is 51.5 Å². The van der Waals surface area contributed by atoms with Crippen LogP contribution in [0.4, 0.5) is 15.8 Å². The molecule has 0 amide bonds. The number of carbonyl (C=O) groups excluding carboxylic acids is 1. The Labute approximate surface area is 161 Å². The maximum atomic E-state index is 14.8. The number of benzene rings is 1. The van der Waals surface area contributed by atoms with Gasteiger partial charge in [-0.15, -0.1) is 0 Å². The van der Waals surface area contributed by atoms with E-state index in [1.54, 1.807) is 6.92 Å². The molecule has 0 bridgehead atoms. The summed E-state index contributed by atoms with van der Waals surface area (Å²) in [5.41, 5.74) is 1.72. The van der Waals surface area contributed by atoms with Gasteiger partial charge in [-0.1, -0.05) is 0 Å². The standard InChI is InChI=1S/C19H23FN2O6/c1-2-27-16(23)9-21-14-8-13(12(20)7-15(14)28-19(21)26)22-17(24)10-5-3-4-6-11(10)18(22)25/h7-8,17-19,24-26H,2-6,9H2,1H3. The zero-order valence-corrected chi connectivity index (χ0v) is 15.5. The van der Waals surface area contributed by atoms with E-state index < -0.39 is 30.7 Å². The van der Waals surface area contributed by atoms with E-state index in [0.717, 1.165) is 30.1 Å². The second-order valence-electron chi connectivity index (χ2n) is 7.06. The van der Waals surface area contributed by atoms with E-state index in [1.165, 1.54) is 15.9 Å². The molecule has 2 heterocycles. The highest BCUT2D eigenvalue weighted by Gasteiger charge is 2.42. The number of anilines is 2. The van der Waals surface area contributed by atoms with Crippen molar-refractivity contribution >= 4 is 17.3 Å². The number of ether oxygens (including phenoxy) is 2. The van der Waals surface area contributed by atoms with Gasteiger partial charge in [0.15, 0.2) is 24.0 Å². The number of halogens is 1. The van der Waals surface area contributed by atoms with E-state index in [-0.39, 0.29) is 30.3 Å². The number of rotatable bonds is 4. The molecule has 0 aromatic heterocycles. The maximum Gasteiger partial charge on any atom is 0.325 e. The number of nitrogens with zero attached hydrogens (tertiary/aromatic N) is 2. The Hall–Kier alpha value is -2.36. The second kappa shape index (κ2) is 7.23. The van der Waals surface area contributed by atoms with Crippen LogP contribution in [0.1, 0.15) is 32.6 Å². The van der Waals surface area contributed by atoms with E-state index >= 15 is 0 Å². The van der Waals surface area contributed by atoms with Gasteiger partial charge in [-0.2, -0.15) is 0 Å². The summed E-state index contributed by atoms with van der Waals surface area (Å²) in [5.74, 6) is -1.21. The molecule has 2 aliphatic heterocycles. The molecule has 3 atom stereocenters. The summed E-state index contributed by atoms with van der Waals surface area (Å²) in [4.78, 5) is 14.3. The first-order valence-corrected chi connectivity index (χ1v) is 9.39. The van der Waals surface area contributed by atoms with Crippen LogP contribution in [0.25, 0.3) is 0 Å². The van der Waals surface area contributed by atoms with Crippen LogP contribution in [0.2, 0.25) is 0 Å². The Bertz CT molecular complexity index is 807. The molecule has 3 aliphatic rings. The summed E-state index contributed by atoms with van der Waals surface area (Å²) < 4.78 is 24.9. The van der Waals surface area contributed by atoms with Gasteiger partial charge < -0.3 is 29.7 Å². The van der Waals surface area contributed by atoms with Crippen LogP contribution < -0.4 is 14.5 Å². The molecule has 28 heavy (non-hydrogen) atoms. The highest BCUT2D eigenvalue weighted by molar-refractivity contribution is 5.79. The van der Waals surface area contributed by atoms with E-state index in [0.29, 0.717) is 12.8 Å². The summed E-state index contributed by atoms with van der Waals surface area (Å²) in [6, 6.07) is 2.45. The fraction of sp³-hybridized carbons (Fsp3) is 0.526. The molecule has 0 saturated carbocycles. The summed E-state index contributed by atoms with van der Waals surface area (Å²) in [7, 11) is 0. The molecular formula is C19H23FN2O6. The molecule has 3 unspecified atom stereocenters. The average molecular weight is 394 g/mol. The SMILES string of the molecule is CCOC(=O)CN1c2cc(N3C(O)C4=C(CCCC4)C3O)c(F)cc2OC1O. The van der Waals surface area contributed by atoms with Gasteiger partial charge in [-0.3, -0.25) is 9.69 Å². The van der Waals surface area contributed by atoms with E-state index in [9.17, 15) is 24.5 Å². The normalized spacial score (nSPS) is 26.2. The molecule has 1 aromatic carbocycles. The van der Waals surface area contributed by atoms with Crippen LogP contribution in [0.3, 0.4) is 0 Å². The number of hydrogen-bond acceptors (Lipinski definition) is 8. The number of hydrogen-bond donors (Lipinski definition) is 3. The highest BCUT2D eigenvalue weighted by atomic mass is 19.1. The summed E-state index contributed by atoms with van der Waals surface area (Å²) in [6.07, 6.45) is -0.561. The van der Waals surface area contributed by atoms with Gasteiger partial charge in [0.05, 0.1) is 18.0 Å². The largest absolute Gasteiger partial charge is 0.465 e. The molecular weight excluding hydrogens is 371 g/mol. The van der Waals surface area contributed by atoms with Gasteiger partial charge in [0.2, 0.25) is 0 Å². The molecule has 1 aromatic rings. The second-order valence-corrected chi connectivity index (χ2v) is 7.06. The van der Waals surface area contributed by atoms with Crippen molar-refractivity contribution in [3.05, 3.63) is 29.1 Å². The van der Waals surface area contributed by atoms with Gasteiger partial charge in [-0.05, 0) is 49.8 Å². The monoisotopic (exact) mass is 394 g/mol. The van der Waals surface area contributed by atoms with Crippen molar-refractivity contribution in [2.75, 3.05) is 23.0 Å². The van der Waals surface area contributed by atoms with Crippen molar-refractivity contribution in [1.82, 2.24) is 0 Å². The summed E-state index contributed by atoms with van der Waals surface area (Å²) in [6.45, 7) is 1.57.